The molecule has 3 heterocycles. The molecule has 0 saturated carbocycles. The van der Waals surface area contributed by atoms with Crippen molar-refractivity contribution in [3.63, 3.8) is 0 Å². The van der Waals surface area contributed by atoms with E-state index in [0.29, 0.717) is 50.3 Å². The van der Waals surface area contributed by atoms with E-state index in [2.05, 4.69) is 4.98 Å². The first-order chi connectivity index (χ1) is 11.5. The van der Waals surface area contributed by atoms with Gasteiger partial charge >= 0.3 is 0 Å². The lowest BCUT2D eigenvalue weighted by Crippen LogP contribution is -2.45. The van der Waals surface area contributed by atoms with Crippen LogP contribution < -0.4 is 5.56 Å². The Morgan fingerprint density at radius 2 is 1.83 bits per heavy atom. The Hall–Kier alpha value is -2.18. The van der Waals surface area contributed by atoms with Gasteiger partial charge in [0.15, 0.2) is 0 Å². The molecule has 1 aromatic rings. The van der Waals surface area contributed by atoms with Gasteiger partial charge in [-0.1, -0.05) is 0 Å². The molecule has 1 aromatic heterocycles. The minimum atomic E-state index is -0.0356. The molecule has 24 heavy (non-hydrogen) atoms. The van der Waals surface area contributed by atoms with Crippen LogP contribution in [-0.2, 0) is 29.5 Å². The molecule has 0 atom stereocenters. The van der Waals surface area contributed by atoms with Crippen molar-refractivity contribution in [1.82, 2.24) is 19.4 Å². The van der Waals surface area contributed by atoms with Crippen LogP contribution in [0.2, 0.25) is 0 Å². The predicted molar refractivity (Wildman–Crippen MR) is 88.6 cm³/mol. The van der Waals surface area contributed by atoms with Crippen molar-refractivity contribution >= 4 is 11.8 Å². The first-order valence-electron chi connectivity index (χ1n) is 8.58. The zero-order chi connectivity index (χ0) is 17.3. The maximum absolute atomic E-state index is 12.6. The van der Waals surface area contributed by atoms with Crippen LogP contribution >= 0.6 is 0 Å². The molecular weight excluding hydrogens is 308 g/mol. The summed E-state index contributed by atoms with van der Waals surface area (Å²) < 4.78 is 1.56. The number of carbonyl (C=O) groups is 2. The van der Waals surface area contributed by atoms with E-state index in [1.807, 2.05) is 6.92 Å². The number of likely N-dealkylation sites (tertiary alicyclic amines) is 1. The van der Waals surface area contributed by atoms with E-state index < -0.39 is 0 Å². The number of hydrogen-bond acceptors (Lipinski definition) is 4. The Morgan fingerprint density at radius 1 is 1.08 bits per heavy atom. The SMILES string of the molecule is Cc1nc2c(c(=O)n1C)CCN(C(=O)CN1CCCCC1=O)CC2. The fourth-order valence-electron chi connectivity index (χ4n) is 3.41. The number of amides is 2. The molecule has 2 amide bonds. The molecule has 0 N–H and O–H groups in total. The van der Waals surface area contributed by atoms with Crippen LogP contribution in [0.4, 0.5) is 0 Å². The van der Waals surface area contributed by atoms with Crippen molar-refractivity contribution in [1.29, 1.82) is 0 Å². The summed E-state index contributed by atoms with van der Waals surface area (Å²) in [4.78, 5) is 44.8. The van der Waals surface area contributed by atoms with E-state index >= 15 is 0 Å². The molecule has 0 spiro atoms. The lowest BCUT2D eigenvalue weighted by molar-refractivity contribution is -0.141. The van der Waals surface area contributed by atoms with E-state index in [0.717, 1.165) is 18.5 Å². The number of fused-ring (bicyclic) bond motifs is 1. The van der Waals surface area contributed by atoms with Crippen molar-refractivity contribution in [3.05, 3.63) is 27.4 Å². The number of aryl methyl sites for hydroxylation is 1. The Bertz CT molecular complexity index is 725. The number of carbonyl (C=O) groups excluding carboxylic acids is 2. The quantitative estimate of drug-likeness (QED) is 0.766. The summed E-state index contributed by atoms with van der Waals surface area (Å²) in [6.07, 6.45) is 3.53. The van der Waals surface area contributed by atoms with Gasteiger partial charge in [0.25, 0.3) is 5.56 Å². The number of piperidine rings is 1. The highest BCUT2D eigenvalue weighted by molar-refractivity contribution is 5.85. The van der Waals surface area contributed by atoms with Gasteiger partial charge in [0.2, 0.25) is 11.8 Å². The number of aromatic nitrogens is 2. The van der Waals surface area contributed by atoms with E-state index in [1.165, 1.54) is 0 Å². The first-order valence-corrected chi connectivity index (χ1v) is 8.58. The third-order valence-electron chi connectivity index (χ3n) is 5.04. The summed E-state index contributed by atoms with van der Waals surface area (Å²) in [5.74, 6) is 0.725. The third-order valence-corrected chi connectivity index (χ3v) is 5.04. The zero-order valence-electron chi connectivity index (χ0n) is 14.4. The maximum Gasteiger partial charge on any atom is 0.256 e. The molecule has 0 aromatic carbocycles. The molecule has 3 rings (SSSR count). The Labute approximate surface area is 141 Å². The highest BCUT2D eigenvalue weighted by atomic mass is 16.2. The zero-order valence-corrected chi connectivity index (χ0v) is 14.4. The molecule has 2 aliphatic rings. The summed E-state index contributed by atoms with van der Waals surface area (Å²) in [7, 11) is 1.72. The van der Waals surface area contributed by atoms with Crippen LogP contribution in [0.25, 0.3) is 0 Å². The van der Waals surface area contributed by atoms with E-state index in [1.54, 1.807) is 21.4 Å². The van der Waals surface area contributed by atoms with Crippen LogP contribution in [0.5, 0.6) is 0 Å². The predicted octanol–water partition coefficient (Wildman–Crippen LogP) is 0.0284. The van der Waals surface area contributed by atoms with Crippen molar-refractivity contribution < 1.29 is 9.59 Å². The molecule has 7 heteroatoms. The van der Waals surface area contributed by atoms with Crippen LogP contribution in [0, 0.1) is 6.92 Å². The summed E-state index contributed by atoms with van der Waals surface area (Å²) in [5, 5.41) is 0. The smallest absolute Gasteiger partial charge is 0.256 e. The fourth-order valence-corrected chi connectivity index (χ4v) is 3.41. The van der Waals surface area contributed by atoms with Crippen LogP contribution in [0.1, 0.15) is 36.3 Å². The lowest BCUT2D eigenvalue weighted by atomic mass is 10.1. The molecule has 1 fully saturated rings. The monoisotopic (exact) mass is 332 g/mol. The molecule has 7 nitrogen and oxygen atoms in total. The minimum Gasteiger partial charge on any atom is -0.340 e. The second-order valence-electron chi connectivity index (χ2n) is 6.60. The van der Waals surface area contributed by atoms with Crippen molar-refractivity contribution in [2.24, 2.45) is 7.05 Å². The Balaban J connectivity index is 1.70. The van der Waals surface area contributed by atoms with Crippen molar-refractivity contribution in [2.45, 2.75) is 39.0 Å². The Kier molecular flexibility index (Phi) is 4.69. The maximum atomic E-state index is 12.6. The number of hydrogen-bond donors (Lipinski definition) is 0. The number of nitrogens with zero attached hydrogens (tertiary/aromatic N) is 4. The molecule has 0 bridgehead atoms. The molecule has 0 radical (unpaired) electrons. The van der Waals surface area contributed by atoms with E-state index in [4.69, 9.17) is 0 Å². The van der Waals surface area contributed by atoms with Gasteiger partial charge in [0.05, 0.1) is 12.2 Å². The average Bonchev–Trinajstić information content (AvgIpc) is 2.77. The van der Waals surface area contributed by atoms with Gasteiger partial charge in [0, 0.05) is 45.1 Å². The number of rotatable bonds is 2. The molecule has 1 saturated heterocycles. The first kappa shape index (κ1) is 16.7. The van der Waals surface area contributed by atoms with Gasteiger partial charge in [-0.25, -0.2) is 4.98 Å². The molecule has 130 valence electrons. The lowest BCUT2D eigenvalue weighted by Gasteiger charge is -2.29. The summed E-state index contributed by atoms with van der Waals surface area (Å²) in [6, 6.07) is 0. The summed E-state index contributed by atoms with van der Waals surface area (Å²) in [6.45, 7) is 3.69. The van der Waals surface area contributed by atoms with Gasteiger partial charge in [-0.3, -0.25) is 19.0 Å². The molecular formula is C17H24N4O3. The molecule has 0 aliphatic carbocycles. The molecule has 2 aliphatic heterocycles. The highest BCUT2D eigenvalue weighted by Crippen LogP contribution is 2.14. The van der Waals surface area contributed by atoms with Gasteiger partial charge < -0.3 is 9.80 Å². The topological polar surface area (TPSA) is 75.5 Å². The second kappa shape index (κ2) is 6.75. The van der Waals surface area contributed by atoms with Crippen LogP contribution in [0.15, 0.2) is 4.79 Å². The third kappa shape index (κ3) is 3.20. The minimum absolute atomic E-state index is 0.0157. The van der Waals surface area contributed by atoms with E-state index in [-0.39, 0.29) is 23.9 Å². The van der Waals surface area contributed by atoms with Gasteiger partial charge in [-0.2, -0.15) is 0 Å². The standard InChI is InChI=1S/C17H24N4O3/c1-12-18-14-7-10-20(9-6-13(14)17(24)19(12)2)16(23)11-21-8-4-3-5-15(21)22/h3-11H2,1-2H3. The summed E-state index contributed by atoms with van der Waals surface area (Å²) >= 11 is 0. The van der Waals surface area contributed by atoms with Gasteiger partial charge in [-0.15, -0.1) is 0 Å². The Morgan fingerprint density at radius 3 is 2.58 bits per heavy atom. The van der Waals surface area contributed by atoms with Crippen LogP contribution in [-0.4, -0.2) is 57.3 Å². The van der Waals surface area contributed by atoms with E-state index in [9.17, 15) is 14.4 Å². The van der Waals surface area contributed by atoms with Gasteiger partial charge in [-0.05, 0) is 26.2 Å². The summed E-state index contributed by atoms with van der Waals surface area (Å²) in [5.41, 5.74) is 1.51. The normalized spacial score (nSPS) is 18.3. The largest absolute Gasteiger partial charge is 0.340 e. The second-order valence-corrected chi connectivity index (χ2v) is 6.60. The van der Waals surface area contributed by atoms with Crippen molar-refractivity contribution in [2.75, 3.05) is 26.2 Å². The highest BCUT2D eigenvalue weighted by Gasteiger charge is 2.26. The van der Waals surface area contributed by atoms with Crippen LogP contribution in [0.3, 0.4) is 0 Å². The fraction of sp³-hybridized carbons (Fsp3) is 0.647. The molecule has 0 unspecified atom stereocenters. The van der Waals surface area contributed by atoms with Crippen molar-refractivity contribution in [3.8, 4) is 0 Å². The average molecular weight is 332 g/mol. The van der Waals surface area contributed by atoms with Gasteiger partial charge in [0.1, 0.15) is 5.82 Å².